The zero-order valence-corrected chi connectivity index (χ0v) is 14.2. The maximum atomic E-state index is 12.5. The summed E-state index contributed by atoms with van der Waals surface area (Å²) in [4.78, 5) is 27.8. The number of urea groups is 1. The van der Waals surface area contributed by atoms with E-state index in [0.29, 0.717) is 19.6 Å². The molecule has 0 radical (unpaired) electrons. The molecule has 1 atom stereocenters. The third-order valence-electron chi connectivity index (χ3n) is 4.86. The molecule has 0 bridgehead atoms. The second-order valence-corrected chi connectivity index (χ2v) is 6.39. The van der Waals surface area contributed by atoms with E-state index < -0.39 is 0 Å². The number of hydrogen-bond acceptors (Lipinski definition) is 4. The van der Waals surface area contributed by atoms with E-state index in [0.717, 1.165) is 31.6 Å². The Labute approximate surface area is 142 Å². The lowest BCUT2D eigenvalue weighted by Gasteiger charge is -2.30. The van der Waals surface area contributed by atoms with Crippen LogP contribution < -0.4 is 10.1 Å². The molecular formula is C18H25N3O3. The van der Waals surface area contributed by atoms with Gasteiger partial charge in [0.2, 0.25) is 5.91 Å². The number of carbonyl (C=O) groups excluding carboxylic acids is 2. The van der Waals surface area contributed by atoms with Crippen molar-refractivity contribution in [1.29, 1.82) is 0 Å². The van der Waals surface area contributed by atoms with Crippen molar-refractivity contribution in [2.75, 3.05) is 33.3 Å². The van der Waals surface area contributed by atoms with Gasteiger partial charge in [0.1, 0.15) is 5.75 Å². The number of methoxy groups -OCH3 is 1. The van der Waals surface area contributed by atoms with Gasteiger partial charge in [-0.3, -0.25) is 14.6 Å². The summed E-state index contributed by atoms with van der Waals surface area (Å²) < 4.78 is 5.23. The molecule has 0 saturated carbocycles. The summed E-state index contributed by atoms with van der Waals surface area (Å²) >= 11 is 0. The molecule has 0 aromatic heterocycles. The molecule has 0 aliphatic carbocycles. The Morgan fingerprint density at radius 1 is 1.21 bits per heavy atom. The Kier molecular flexibility index (Phi) is 5.35. The zero-order chi connectivity index (χ0) is 16.9. The largest absolute Gasteiger partial charge is 0.497 e. The quantitative estimate of drug-likeness (QED) is 0.918. The van der Waals surface area contributed by atoms with Gasteiger partial charge in [-0.2, -0.15) is 0 Å². The standard InChI is InChI=1S/C18H25N3O3/c1-24-15-8-6-14(7-9-15)16-5-3-2-4-11-20(16)13-17(22)21-12-10-19-18(21)23/h6-9,16H,2-5,10-13H2,1H3,(H,19,23)/t16-/m0/s1. The average Bonchev–Trinajstić information content (AvgIpc) is 2.90. The third-order valence-corrected chi connectivity index (χ3v) is 4.86. The smallest absolute Gasteiger partial charge is 0.324 e. The van der Waals surface area contributed by atoms with Gasteiger partial charge in [-0.1, -0.05) is 25.0 Å². The molecule has 130 valence electrons. The lowest BCUT2D eigenvalue weighted by Crippen LogP contribution is -2.43. The number of nitrogens with zero attached hydrogens (tertiary/aromatic N) is 2. The van der Waals surface area contributed by atoms with Gasteiger partial charge in [0.05, 0.1) is 13.7 Å². The van der Waals surface area contributed by atoms with Gasteiger partial charge in [-0.25, -0.2) is 4.79 Å². The Bertz CT molecular complexity index is 588. The van der Waals surface area contributed by atoms with Crippen LogP contribution in [0.3, 0.4) is 0 Å². The number of carbonyl (C=O) groups is 2. The van der Waals surface area contributed by atoms with Gasteiger partial charge in [-0.15, -0.1) is 0 Å². The Balaban J connectivity index is 1.74. The van der Waals surface area contributed by atoms with Crippen molar-refractivity contribution >= 4 is 11.9 Å². The summed E-state index contributed by atoms with van der Waals surface area (Å²) in [7, 11) is 1.66. The predicted molar refractivity (Wildman–Crippen MR) is 90.9 cm³/mol. The maximum Gasteiger partial charge on any atom is 0.324 e. The van der Waals surface area contributed by atoms with E-state index in [9.17, 15) is 9.59 Å². The van der Waals surface area contributed by atoms with Crippen molar-refractivity contribution in [3.05, 3.63) is 29.8 Å². The number of benzene rings is 1. The van der Waals surface area contributed by atoms with Crippen LogP contribution in [0.4, 0.5) is 4.79 Å². The number of nitrogens with one attached hydrogen (secondary N) is 1. The molecule has 2 fully saturated rings. The number of ether oxygens (including phenoxy) is 1. The first kappa shape index (κ1) is 16.8. The summed E-state index contributed by atoms with van der Waals surface area (Å²) in [6.45, 7) is 2.20. The molecule has 2 heterocycles. The van der Waals surface area contributed by atoms with Gasteiger partial charge < -0.3 is 10.1 Å². The fourth-order valence-corrected chi connectivity index (χ4v) is 3.53. The highest BCUT2D eigenvalue weighted by atomic mass is 16.5. The van der Waals surface area contributed by atoms with Crippen LogP contribution in [-0.4, -0.2) is 55.0 Å². The van der Waals surface area contributed by atoms with Crippen molar-refractivity contribution in [3.63, 3.8) is 0 Å². The molecule has 24 heavy (non-hydrogen) atoms. The van der Waals surface area contributed by atoms with Crippen molar-refractivity contribution in [1.82, 2.24) is 15.1 Å². The van der Waals surface area contributed by atoms with Crippen LogP contribution in [-0.2, 0) is 4.79 Å². The van der Waals surface area contributed by atoms with Crippen LogP contribution in [0.25, 0.3) is 0 Å². The third kappa shape index (κ3) is 3.70. The molecule has 1 aromatic rings. The first-order chi connectivity index (χ1) is 11.7. The number of imide groups is 1. The SMILES string of the molecule is COc1ccc([C@@H]2CCCCCN2CC(=O)N2CCNC2=O)cc1. The second kappa shape index (κ2) is 7.66. The zero-order valence-electron chi connectivity index (χ0n) is 14.2. The van der Waals surface area contributed by atoms with E-state index in [4.69, 9.17) is 4.74 Å². The van der Waals surface area contributed by atoms with Crippen LogP contribution in [0.15, 0.2) is 24.3 Å². The van der Waals surface area contributed by atoms with Gasteiger partial charge in [0.25, 0.3) is 0 Å². The van der Waals surface area contributed by atoms with Crippen molar-refractivity contribution in [3.8, 4) is 5.75 Å². The molecule has 3 rings (SSSR count). The lowest BCUT2D eigenvalue weighted by atomic mass is 10.0. The van der Waals surface area contributed by atoms with Gasteiger partial charge in [0, 0.05) is 19.1 Å². The van der Waals surface area contributed by atoms with Crippen LogP contribution in [0.1, 0.15) is 37.3 Å². The van der Waals surface area contributed by atoms with Gasteiger partial charge in [-0.05, 0) is 37.1 Å². The van der Waals surface area contributed by atoms with Crippen molar-refractivity contribution in [2.45, 2.75) is 31.7 Å². The molecule has 2 saturated heterocycles. The number of amides is 3. The molecule has 1 N–H and O–H groups in total. The van der Waals surface area contributed by atoms with Gasteiger partial charge in [0.15, 0.2) is 0 Å². The van der Waals surface area contributed by atoms with Crippen LogP contribution in [0, 0.1) is 0 Å². The Morgan fingerprint density at radius 2 is 2.00 bits per heavy atom. The topological polar surface area (TPSA) is 61.9 Å². The summed E-state index contributed by atoms with van der Waals surface area (Å²) in [5.74, 6) is 0.731. The number of likely N-dealkylation sites (tertiary alicyclic amines) is 1. The van der Waals surface area contributed by atoms with Gasteiger partial charge >= 0.3 is 6.03 Å². The summed E-state index contributed by atoms with van der Waals surface area (Å²) in [6, 6.07) is 8.04. The van der Waals surface area contributed by atoms with E-state index in [1.807, 2.05) is 12.1 Å². The molecule has 3 amide bonds. The molecule has 0 unspecified atom stereocenters. The summed E-state index contributed by atoms with van der Waals surface area (Å²) in [5, 5.41) is 2.69. The van der Waals surface area contributed by atoms with E-state index in [1.165, 1.54) is 16.9 Å². The van der Waals surface area contributed by atoms with E-state index >= 15 is 0 Å². The summed E-state index contributed by atoms with van der Waals surface area (Å²) in [5.41, 5.74) is 1.20. The molecule has 0 spiro atoms. The fourth-order valence-electron chi connectivity index (χ4n) is 3.53. The predicted octanol–water partition coefficient (Wildman–Crippen LogP) is 2.16. The van der Waals surface area contributed by atoms with Crippen molar-refractivity contribution < 1.29 is 14.3 Å². The van der Waals surface area contributed by atoms with Crippen LogP contribution in [0.5, 0.6) is 5.75 Å². The van der Waals surface area contributed by atoms with Crippen LogP contribution in [0.2, 0.25) is 0 Å². The van der Waals surface area contributed by atoms with E-state index in [2.05, 4.69) is 22.3 Å². The Morgan fingerprint density at radius 3 is 2.67 bits per heavy atom. The molecular weight excluding hydrogens is 306 g/mol. The summed E-state index contributed by atoms with van der Waals surface area (Å²) in [6.07, 6.45) is 4.46. The molecule has 6 nitrogen and oxygen atoms in total. The fraction of sp³-hybridized carbons (Fsp3) is 0.556. The highest BCUT2D eigenvalue weighted by molar-refractivity contribution is 5.96. The average molecular weight is 331 g/mol. The highest BCUT2D eigenvalue weighted by Gasteiger charge is 2.30. The second-order valence-electron chi connectivity index (χ2n) is 6.39. The Hall–Kier alpha value is -2.08. The highest BCUT2D eigenvalue weighted by Crippen LogP contribution is 2.31. The minimum atomic E-state index is -0.268. The molecule has 2 aliphatic heterocycles. The molecule has 1 aromatic carbocycles. The molecule has 2 aliphatic rings. The van der Waals surface area contributed by atoms with Crippen LogP contribution >= 0.6 is 0 Å². The maximum absolute atomic E-state index is 12.5. The van der Waals surface area contributed by atoms with E-state index in [-0.39, 0.29) is 18.0 Å². The normalized spacial score (nSPS) is 22.1. The minimum absolute atomic E-state index is 0.106. The van der Waals surface area contributed by atoms with Crippen molar-refractivity contribution in [2.24, 2.45) is 0 Å². The molecule has 6 heteroatoms. The lowest BCUT2D eigenvalue weighted by molar-refractivity contribution is -0.129. The minimum Gasteiger partial charge on any atom is -0.497 e. The number of hydrogen-bond donors (Lipinski definition) is 1. The first-order valence-electron chi connectivity index (χ1n) is 8.65. The monoisotopic (exact) mass is 331 g/mol. The number of rotatable bonds is 4. The van der Waals surface area contributed by atoms with E-state index in [1.54, 1.807) is 7.11 Å². The first-order valence-corrected chi connectivity index (χ1v) is 8.65.